The van der Waals surface area contributed by atoms with Crippen molar-refractivity contribution in [2.24, 2.45) is 0 Å². The van der Waals surface area contributed by atoms with Crippen molar-refractivity contribution < 1.29 is 4.42 Å². The Morgan fingerprint density at radius 2 is 1.77 bits per heavy atom. The van der Waals surface area contributed by atoms with E-state index in [4.69, 9.17) is 4.42 Å². The molecule has 0 unspecified atom stereocenters. The van der Waals surface area contributed by atoms with E-state index in [1.54, 1.807) is 6.26 Å². The van der Waals surface area contributed by atoms with E-state index in [-0.39, 0.29) is 6.04 Å². The molecule has 4 aromatic rings. The predicted octanol–water partition coefficient (Wildman–Crippen LogP) is 4.57. The minimum Gasteiger partial charge on any atom is -0.468 e. The lowest BCUT2D eigenvalue weighted by molar-refractivity contribution is 0.177. The summed E-state index contributed by atoms with van der Waals surface area (Å²) in [6.07, 6.45) is 10.1. The fourth-order valence-electron chi connectivity index (χ4n) is 4.52. The van der Waals surface area contributed by atoms with Crippen molar-refractivity contribution in [1.82, 2.24) is 30.1 Å². The number of aromatic nitrogens is 5. The molecule has 0 spiro atoms. The Labute approximate surface area is 181 Å². The van der Waals surface area contributed by atoms with Crippen LogP contribution in [-0.4, -0.2) is 30.1 Å². The summed E-state index contributed by atoms with van der Waals surface area (Å²) in [4.78, 5) is 6.61. The summed E-state index contributed by atoms with van der Waals surface area (Å²) in [6, 6.07) is 18.8. The maximum Gasteiger partial charge on any atom is 0.173 e. The number of hydrogen-bond donors (Lipinski definition) is 0. The summed E-state index contributed by atoms with van der Waals surface area (Å²) in [7, 11) is 0. The number of pyridine rings is 1. The van der Waals surface area contributed by atoms with Crippen molar-refractivity contribution >= 4 is 0 Å². The fraction of sp³-hybridized carbons (Fsp3) is 0.333. The molecule has 0 N–H and O–H groups in total. The van der Waals surface area contributed by atoms with Crippen molar-refractivity contribution in [2.75, 3.05) is 0 Å². The summed E-state index contributed by atoms with van der Waals surface area (Å²) in [5, 5.41) is 13.1. The van der Waals surface area contributed by atoms with Crippen LogP contribution in [0.25, 0.3) is 0 Å². The van der Waals surface area contributed by atoms with E-state index in [1.807, 2.05) is 30.6 Å². The minimum atomic E-state index is -0.121. The average Bonchev–Trinajstić information content (AvgIpc) is 3.58. The molecule has 1 aromatic carbocycles. The predicted molar refractivity (Wildman–Crippen MR) is 116 cm³/mol. The van der Waals surface area contributed by atoms with Gasteiger partial charge in [0.2, 0.25) is 0 Å². The van der Waals surface area contributed by atoms with Crippen LogP contribution in [-0.2, 0) is 13.1 Å². The van der Waals surface area contributed by atoms with Crippen molar-refractivity contribution in [3.05, 3.63) is 96.0 Å². The molecule has 3 aromatic heterocycles. The van der Waals surface area contributed by atoms with Crippen molar-refractivity contribution in [2.45, 2.75) is 50.9 Å². The lowest BCUT2D eigenvalue weighted by atomic mass is 10.0. The van der Waals surface area contributed by atoms with Gasteiger partial charge in [-0.2, -0.15) is 0 Å². The third-order valence-corrected chi connectivity index (χ3v) is 5.99. The van der Waals surface area contributed by atoms with Crippen LogP contribution >= 0.6 is 0 Å². The molecule has 1 fully saturated rings. The van der Waals surface area contributed by atoms with Crippen molar-refractivity contribution in [1.29, 1.82) is 0 Å². The van der Waals surface area contributed by atoms with E-state index in [0.29, 0.717) is 12.6 Å². The number of rotatable bonds is 8. The molecule has 158 valence electrons. The molecule has 3 heterocycles. The molecule has 1 aliphatic rings. The van der Waals surface area contributed by atoms with Crippen LogP contribution in [0.3, 0.4) is 0 Å². The first kappa shape index (κ1) is 19.6. The van der Waals surface area contributed by atoms with E-state index in [1.165, 1.54) is 18.4 Å². The Morgan fingerprint density at radius 3 is 2.52 bits per heavy atom. The third-order valence-electron chi connectivity index (χ3n) is 5.99. The van der Waals surface area contributed by atoms with Crippen LogP contribution in [0.15, 0.2) is 77.7 Å². The monoisotopic (exact) mass is 414 g/mol. The van der Waals surface area contributed by atoms with Gasteiger partial charge in [0.05, 0.1) is 24.9 Å². The molecular weight excluding hydrogens is 388 g/mol. The molecule has 1 aliphatic carbocycles. The normalized spacial score (nSPS) is 15.5. The van der Waals surface area contributed by atoms with Gasteiger partial charge in [0.15, 0.2) is 5.82 Å². The Balaban J connectivity index is 1.58. The second kappa shape index (κ2) is 9.22. The van der Waals surface area contributed by atoms with Crippen LogP contribution in [0.5, 0.6) is 0 Å². The molecule has 0 bridgehead atoms. The largest absolute Gasteiger partial charge is 0.468 e. The van der Waals surface area contributed by atoms with E-state index in [0.717, 1.165) is 36.5 Å². The molecule has 0 radical (unpaired) electrons. The highest BCUT2D eigenvalue weighted by Gasteiger charge is 2.32. The van der Waals surface area contributed by atoms with Gasteiger partial charge >= 0.3 is 0 Å². The summed E-state index contributed by atoms with van der Waals surface area (Å²) in [5.41, 5.74) is 2.35. The van der Waals surface area contributed by atoms with Crippen LogP contribution < -0.4 is 0 Å². The van der Waals surface area contributed by atoms with E-state index < -0.39 is 0 Å². The summed E-state index contributed by atoms with van der Waals surface area (Å²) in [6.45, 7) is 1.39. The van der Waals surface area contributed by atoms with Gasteiger partial charge < -0.3 is 4.42 Å². The summed E-state index contributed by atoms with van der Waals surface area (Å²) < 4.78 is 7.78. The van der Waals surface area contributed by atoms with Gasteiger partial charge in [0.25, 0.3) is 0 Å². The van der Waals surface area contributed by atoms with Crippen LogP contribution in [0.2, 0.25) is 0 Å². The average molecular weight is 415 g/mol. The highest BCUT2D eigenvalue weighted by atomic mass is 16.3. The zero-order valence-corrected chi connectivity index (χ0v) is 17.4. The standard InChI is InChI=1S/C24H26N6O/c1-2-7-19(8-3-1)17-29(18-22-11-6-16-31-22)23(20-12-14-25-15-13-20)24-26-27-28-30(24)21-9-4-5-10-21/h1-3,6-8,11-16,21,23H,4-5,9-10,17-18H2/t23-/m0/s1. The smallest absolute Gasteiger partial charge is 0.173 e. The van der Waals surface area contributed by atoms with E-state index in [9.17, 15) is 0 Å². The molecule has 7 heteroatoms. The maximum atomic E-state index is 5.72. The van der Waals surface area contributed by atoms with Gasteiger partial charge in [-0.3, -0.25) is 9.88 Å². The first-order valence-electron chi connectivity index (χ1n) is 10.9. The van der Waals surface area contributed by atoms with Gasteiger partial charge in [-0.15, -0.1) is 5.10 Å². The number of tetrazole rings is 1. The van der Waals surface area contributed by atoms with E-state index >= 15 is 0 Å². The van der Waals surface area contributed by atoms with Crippen molar-refractivity contribution in [3.63, 3.8) is 0 Å². The Hall–Kier alpha value is -3.32. The fourth-order valence-corrected chi connectivity index (χ4v) is 4.52. The Morgan fingerprint density at radius 1 is 0.968 bits per heavy atom. The zero-order chi connectivity index (χ0) is 20.9. The second-order valence-corrected chi connectivity index (χ2v) is 8.07. The summed E-state index contributed by atoms with van der Waals surface area (Å²) >= 11 is 0. The molecule has 7 nitrogen and oxygen atoms in total. The van der Waals surface area contributed by atoms with Gasteiger partial charge in [-0.25, -0.2) is 4.68 Å². The molecule has 1 atom stereocenters. The second-order valence-electron chi connectivity index (χ2n) is 8.07. The molecular formula is C24H26N6O. The number of benzene rings is 1. The van der Waals surface area contributed by atoms with Gasteiger partial charge in [-0.1, -0.05) is 43.2 Å². The molecule has 5 rings (SSSR count). The van der Waals surface area contributed by atoms with E-state index in [2.05, 4.69) is 66.5 Å². The molecule has 0 aliphatic heterocycles. The molecule has 0 amide bonds. The minimum absolute atomic E-state index is 0.121. The topological polar surface area (TPSA) is 72.9 Å². The van der Waals surface area contributed by atoms with Gasteiger partial charge in [0, 0.05) is 18.9 Å². The maximum absolute atomic E-state index is 5.72. The molecule has 31 heavy (non-hydrogen) atoms. The highest BCUT2D eigenvalue weighted by Crippen LogP contribution is 2.35. The lowest BCUT2D eigenvalue weighted by Gasteiger charge is -2.31. The SMILES string of the molecule is c1ccc(CN(Cc2ccco2)[C@@H](c2ccncc2)c2nnnn2C2CCCC2)cc1. The molecule has 1 saturated carbocycles. The quantitative estimate of drug-likeness (QED) is 0.421. The highest BCUT2D eigenvalue weighted by molar-refractivity contribution is 5.24. The first-order valence-corrected chi connectivity index (χ1v) is 10.9. The van der Waals surface area contributed by atoms with Crippen LogP contribution in [0.1, 0.15) is 60.5 Å². The Bertz CT molecular complexity index is 1060. The third kappa shape index (κ3) is 4.41. The Kier molecular flexibility index (Phi) is 5.84. The number of hydrogen-bond acceptors (Lipinski definition) is 6. The van der Waals surface area contributed by atoms with Gasteiger partial charge in [-0.05, 0) is 58.7 Å². The lowest BCUT2D eigenvalue weighted by Crippen LogP contribution is -2.32. The van der Waals surface area contributed by atoms with Crippen LogP contribution in [0.4, 0.5) is 0 Å². The van der Waals surface area contributed by atoms with Gasteiger partial charge in [0.1, 0.15) is 5.76 Å². The van der Waals surface area contributed by atoms with Crippen molar-refractivity contribution in [3.8, 4) is 0 Å². The first-order chi connectivity index (χ1) is 15.4. The number of furan rings is 1. The molecule has 0 saturated heterocycles. The summed E-state index contributed by atoms with van der Waals surface area (Å²) in [5.74, 6) is 1.79. The number of nitrogens with zero attached hydrogens (tertiary/aromatic N) is 6. The zero-order valence-electron chi connectivity index (χ0n) is 17.4. The van der Waals surface area contributed by atoms with Crippen LogP contribution in [0, 0.1) is 0 Å².